The number of nitrogens with zero attached hydrogens (tertiary/aromatic N) is 2. The van der Waals surface area contributed by atoms with Gasteiger partial charge in [-0.3, -0.25) is 0 Å². The number of fused-ring (bicyclic) bond motifs is 7. The van der Waals surface area contributed by atoms with Gasteiger partial charge in [-0.2, -0.15) is 0 Å². The number of rotatable bonds is 7. The number of para-hydroxylation sites is 2. The standard InChI is InChI=1S/C60H42N2/c1-41-28-29-44-32-35-49(39-45(44)38-41)62-57-26-14-12-23-53(57)54-24-15-27-58(59(54)62)61(48-33-30-43(31-34-48)42-16-5-2-6-17-42)50-36-37-52-51-22-11-13-25-55(51)60(56(52)40-50,46-18-7-3-8-19-46)47-20-9-4-10-21-47/h2-40H,1H3. The molecule has 1 aliphatic rings. The first-order valence-electron chi connectivity index (χ1n) is 21.5. The summed E-state index contributed by atoms with van der Waals surface area (Å²) in [6.07, 6.45) is 0. The Hall–Kier alpha value is -7.94. The van der Waals surface area contributed by atoms with E-state index in [1.54, 1.807) is 0 Å². The van der Waals surface area contributed by atoms with Crippen molar-refractivity contribution in [1.29, 1.82) is 0 Å². The van der Waals surface area contributed by atoms with Crippen LogP contribution < -0.4 is 4.90 Å². The van der Waals surface area contributed by atoms with Crippen molar-refractivity contribution < 1.29 is 0 Å². The lowest BCUT2D eigenvalue weighted by Crippen LogP contribution is -2.28. The second-order valence-electron chi connectivity index (χ2n) is 16.6. The Balaban J connectivity index is 1.16. The second-order valence-corrected chi connectivity index (χ2v) is 16.6. The molecule has 1 heterocycles. The largest absolute Gasteiger partial charge is 0.308 e. The van der Waals surface area contributed by atoms with Gasteiger partial charge in [-0.1, -0.05) is 194 Å². The molecule has 0 saturated carbocycles. The molecule has 62 heavy (non-hydrogen) atoms. The third kappa shape index (κ3) is 5.50. The molecule has 0 atom stereocenters. The van der Waals surface area contributed by atoms with Gasteiger partial charge in [0, 0.05) is 27.8 Å². The van der Waals surface area contributed by atoms with Gasteiger partial charge in [-0.15, -0.1) is 0 Å². The molecule has 12 rings (SSSR count). The lowest BCUT2D eigenvalue weighted by atomic mass is 9.67. The summed E-state index contributed by atoms with van der Waals surface area (Å²) in [6, 6.07) is 87.4. The molecule has 0 spiro atoms. The van der Waals surface area contributed by atoms with Gasteiger partial charge in [-0.25, -0.2) is 0 Å². The first kappa shape index (κ1) is 36.0. The highest BCUT2D eigenvalue weighted by atomic mass is 15.2. The fourth-order valence-corrected chi connectivity index (χ4v) is 10.4. The van der Waals surface area contributed by atoms with Crippen molar-refractivity contribution in [2.45, 2.75) is 12.3 Å². The summed E-state index contributed by atoms with van der Waals surface area (Å²) in [5.41, 5.74) is 17.5. The van der Waals surface area contributed by atoms with E-state index in [0.717, 1.165) is 28.3 Å². The van der Waals surface area contributed by atoms with E-state index in [0.29, 0.717) is 0 Å². The summed E-state index contributed by atoms with van der Waals surface area (Å²) in [7, 11) is 0. The van der Waals surface area contributed by atoms with Crippen LogP contribution in [0.25, 0.3) is 60.5 Å². The number of benzene rings is 10. The molecule has 2 nitrogen and oxygen atoms in total. The van der Waals surface area contributed by atoms with Gasteiger partial charge in [0.2, 0.25) is 0 Å². The van der Waals surface area contributed by atoms with Crippen LogP contribution in [0.5, 0.6) is 0 Å². The zero-order valence-electron chi connectivity index (χ0n) is 34.4. The quantitative estimate of drug-likeness (QED) is 0.156. The monoisotopic (exact) mass is 790 g/mol. The van der Waals surface area contributed by atoms with Crippen LogP contribution in [-0.2, 0) is 5.41 Å². The van der Waals surface area contributed by atoms with E-state index in [1.165, 1.54) is 77.1 Å². The molecule has 11 aromatic rings. The Labute approximate surface area is 362 Å². The van der Waals surface area contributed by atoms with Gasteiger partial charge in [-0.05, 0) is 111 Å². The average molecular weight is 791 g/mol. The summed E-state index contributed by atoms with van der Waals surface area (Å²) in [5.74, 6) is 0. The van der Waals surface area contributed by atoms with Crippen molar-refractivity contribution in [2.75, 3.05) is 4.90 Å². The minimum Gasteiger partial charge on any atom is -0.308 e. The molecule has 0 unspecified atom stereocenters. The fourth-order valence-electron chi connectivity index (χ4n) is 10.4. The Bertz CT molecular complexity index is 3420. The number of aryl methyl sites for hydroxylation is 1. The van der Waals surface area contributed by atoms with E-state index >= 15 is 0 Å². The molecular formula is C60H42N2. The van der Waals surface area contributed by atoms with Crippen LogP contribution in [0.1, 0.15) is 27.8 Å². The van der Waals surface area contributed by atoms with E-state index in [2.05, 4.69) is 253 Å². The van der Waals surface area contributed by atoms with Crippen molar-refractivity contribution in [2.24, 2.45) is 0 Å². The molecule has 2 heteroatoms. The minimum absolute atomic E-state index is 0.530. The third-order valence-corrected chi connectivity index (χ3v) is 13.1. The van der Waals surface area contributed by atoms with E-state index in [-0.39, 0.29) is 0 Å². The Morgan fingerprint density at radius 2 is 1.02 bits per heavy atom. The van der Waals surface area contributed by atoms with E-state index in [4.69, 9.17) is 0 Å². The SMILES string of the molecule is Cc1ccc2ccc(-n3c4ccccc4c4cccc(N(c5ccc(-c6ccccc6)cc5)c5ccc6c(c5)C(c5ccccc5)(c5ccccc5)c5ccccc5-6)c43)cc2c1. The molecule has 10 aromatic carbocycles. The van der Waals surface area contributed by atoms with Gasteiger partial charge >= 0.3 is 0 Å². The lowest BCUT2D eigenvalue weighted by molar-refractivity contribution is 0.768. The highest BCUT2D eigenvalue weighted by Gasteiger charge is 2.46. The normalized spacial score (nSPS) is 12.7. The van der Waals surface area contributed by atoms with Crippen molar-refractivity contribution >= 4 is 49.6 Å². The maximum atomic E-state index is 2.49. The fraction of sp³-hybridized carbons (Fsp3) is 0.0333. The van der Waals surface area contributed by atoms with E-state index in [9.17, 15) is 0 Å². The van der Waals surface area contributed by atoms with Gasteiger partial charge in [0.1, 0.15) is 0 Å². The van der Waals surface area contributed by atoms with Crippen LogP contribution in [0.15, 0.2) is 237 Å². The molecule has 0 bridgehead atoms. The van der Waals surface area contributed by atoms with E-state index < -0.39 is 5.41 Å². The molecule has 0 fully saturated rings. The zero-order chi connectivity index (χ0) is 41.2. The summed E-state index contributed by atoms with van der Waals surface area (Å²) < 4.78 is 2.48. The molecule has 0 radical (unpaired) electrons. The maximum absolute atomic E-state index is 2.49. The van der Waals surface area contributed by atoms with Crippen molar-refractivity contribution in [3.63, 3.8) is 0 Å². The number of anilines is 3. The molecule has 1 aromatic heterocycles. The smallest absolute Gasteiger partial charge is 0.0782 e. The van der Waals surface area contributed by atoms with Crippen molar-refractivity contribution in [3.05, 3.63) is 264 Å². The Morgan fingerprint density at radius 1 is 0.403 bits per heavy atom. The average Bonchev–Trinajstić information content (AvgIpc) is 3.84. The molecular weight excluding hydrogens is 749 g/mol. The van der Waals surface area contributed by atoms with Crippen LogP contribution in [-0.4, -0.2) is 4.57 Å². The first-order chi connectivity index (χ1) is 30.7. The zero-order valence-corrected chi connectivity index (χ0v) is 34.4. The van der Waals surface area contributed by atoms with Gasteiger partial charge in [0.15, 0.2) is 0 Å². The first-order valence-corrected chi connectivity index (χ1v) is 21.5. The van der Waals surface area contributed by atoms with Crippen LogP contribution in [0.3, 0.4) is 0 Å². The molecule has 0 amide bonds. The minimum atomic E-state index is -0.530. The van der Waals surface area contributed by atoms with E-state index in [1.807, 2.05) is 0 Å². The van der Waals surface area contributed by atoms with Crippen molar-refractivity contribution in [1.82, 2.24) is 4.57 Å². The summed E-state index contributed by atoms with van der Waals surface area (Å²) in [4.78, 5) is 2.49. The third-order valence-electron chi connectivity index (χ3n) is 13.1. The topological polar surface area (TPSA) is 8.17 Å². The van der Waals surface area contributed by atoms with Crippen LogP contribution in [0.4, 0.5) is 17.1 Å². The summed E-state index contributed by atoms with van der Waals surface area (Å²) in [5, 5.41) is 4.91. The molecule has 292 valence electrons. The highest BCUT2D eigenvalue weighted by Crippen LogP contribution is 2.57. The lowest BCUT2D eigenvalue weighted by Gasteiger charge is -2.35. The predicted molar refractivity (Wildman–Crippen MR) is 260 cm³/mol. The highest BCUT2D eigenvalue weighted by molar-refractivity contribution is 6.14. The van der Waals surface area contributed by atoms with Gasteiger partial charge < -0.3 is 9.47 Å². The number of aromatic nitrogens is 1. The summed E-state index contributed by atoms with van der Waals surface area (Å²) in [6.45, 7) is 2.17. The second kappa shape index (κ2) is 14.4. The van der Waals surface area contributed by atoms with Crippen molar-refractivity contribution in [3.8, 4) is 27.9 Å². The summed E-state index contributed by atoms with van der Waals surface area (Å²) >= 11 is 0. The molecule has 0 N–H and O–H groups in total. The Morgan fingerprint density at radius 3 is 1.79 bits per heavy atom. The van der Waals surface area contributed by atoms with Crippen LogP contribution in [0, 0.1) is 6.92 Å². The number of hydrogen-bond acceptors (Lipinski definition) is 1. The molecule has 1 aliphatic carbocycles. The van der Waals surface area contributed by atoms with Gasteiger partial charge in [0.05, 0.1) is 22.1 Å². The Kier molecular flexibility index (Phi) is 8.33. The molecule has 0 aliphatic heterocycles. The maximum Gasteiger partial charge on any atom is 0.0782 e. The predicted octanol–water partition coefficient (Wildman–Crippen LogP) is 15.7. The number of hydrogen-bond donors (Lipinski definition) is 0. The van der Waals surface area contributed by atoms with Crippen LogP contribution >= 0.6 is 0 Å². The molecule has 0 saturated heterocycles. The van der Waals surface area contributed by atoms with Gasteiger partial charge in [0.25, 0.3) is 0 Å². The van der Waals surface area contributed by atoms with Crippen LogP contribution in [0.2, 0.25) is 0 Å².